The third-order valence-corrected chi connectivity index (χ3v) is 3.84. The molecule has 0 unspecified atom stereocenters. The average molecular weight is 431 g/mol. The maximum absolute atomic E-state index is 4.58. The second-order valence-corrected chi connectivity index (χ2v) is 6.00. The number of thiazole rings is 1. The second-order valence-electron chi connectivity index (χ2n) is 4.68. The lowest BCUT2D eigenvalue weighted by atomic mass is 10.2. The lowest BCUT2D eigenvalue weighted by Gasteiger charge is -2.10. The van der Waals surface area contributed by atoms with E-state index in [4.69, 9.17) is 0 Å². The van der Waals surface area contributed by atoms with Gasteiger partial charge in [0.15, 0.2) is 5.96 Å². The maximum Gasteiger partial charge on any atom is 0.191 e. The summed E-state index contributed by atoms with van der Waals surface area (Å²) >= 11 is 1.70. The Bertz CT molecular complexity index is 611. The molecule has 2 N–H and O–H groups in total. The number of rotatable bonds is 5. The van der Waals surface area contributed by atoms with Crippen LogP contribution >= 0.6 is 35.3 Å². The molecule has 2 aromatic rings. The Labute approximate surface area is 152 Å². The molecule has 120 valence electrons. The number of halogens is 1. The van der Waals surface area contributed by atoms with Crippen molar-refractivity contribution in [1.82, 2.24) is 20.6 Å². The van der Waals surface area contributed by atoms with E-state index in [0.29, 0.717) is 13.1 Å². The molecule has 2 rings (SSSR count). The van der Waals surface area contributed by atoms with Gasteiger partial charge in [-0.05, 0) is 32.4 Å². The number of nitrogens with zero attached hydrogens (tertiary/aromatic N) is 3. The summed E-state index contributed by atoms with van der Waals surface area (Å²) in [7, 11) is 0. The lowest BCUT2D eigenvalue weighted by Crippen LogP contribution is -2.36. The van der Waals surface area contributed by atoms with Crippen molar-refractivity contribution in [3.8, 4) is 0 Å². The number of aromatic nitrogens is 2. The van der Waals surface area contributed by atoms with Crippen LogP contribution in [0.3, 0.4) is 0 Å². The average Bonchev–Trinajstić information content (AvgIpc) is 2.89. The topological polar surface area (TPSA) is 62.2 Å². The van der Waals surface area contributed by atoms with Gasteiger partial charge in [0.2, 0.25) is 0 Å². The van der Waals surface area contributed by atoms with Crippen LogP contribution in [0.25, 0.3) is 0 Å². The summed E-state index contributed by atoms with van der Waals surface area (Å²) in [6.45, 7) is 8.24. The number of guanidine groups is 1. The summed E-state index contributed by atoms with van der Waals surface area (Å²) in [5.41, 5.74) is 2.16. The zero-order chi connectivity index (χ0) is 15.1. The summed E-state index contributed by atoms with van der Waals surface area (Å²) in [5, 5.41) is 7.60. The first-order valence-corrected chi connectivity index (χ1v) is 7.84. The van der Waals surface area contributed by atoms with Crippen molar-refractivity contribution in [2.45, 2.75) is 33.9 Å². The first-order valence-electron chi connectivity index (χ1n) is 7.03. The Morgan fingerprint density at radius 2 is 2.09 bits per heavy atom. The van der Waals surface area contributed by atoms with Gasteiger partial charge in [0.05, 0.1) is 18.8 Å². The molecule has 5 nitrogen and oxygen atoms in total. The van der Waals surface area contributed by atoms with Crippen molar-refractivity contribution in [2.75, 3.05) is 6.54 Å². The minimum Gasteiger partial charge on any atom is -0.357 e. The number of hydrogen-bond acceptors (Lipinski definition) is 4. The van der Waals surface area contributed by atoms with Crippen molar-refractivity contribution in [3.63, 3.8) is 0 Å². The fraction of sp³-hybridized carbons (Fsp3) is 0.400. The third kappa shape index (κ3) is 5.88. The van der Waals surface area contributed by atoms with Crippen LogP contribution < -0.4 is 10.6 Å². The molecule has 0 atom stereocenters. The molecule has 0 radical (unpaired) electrons. The van der Waals surface area contributed by atoms with E-state index in [9.17, 15) is 0 Å². The highest BCUT2D eigenvalue weighted by atomic mass is 127. The molecule has 0 saturated heterocycles. The Kier molecular flexibility index (Phi) is 8.32. The molecule has 0 amide bonds. The van der Waals surface area contributed by atoms with Crippen LogP contribution in [0.15, 0.2) is 29.5 Å². The summed E-state index contributed by atoms with van der Waals surface area (Å²) in [6, 6.07) is 3.99. The minimum absolute atomic E-state index is 0. The normalized spacial score (nSPS) is 11.0. The van der Waals surface area contributed by atoms with Crippen molar-refractivity contribution in [3.05, 3.63) is 45.7 Å². The molecule has 0 aromatic carbocycles. The monoisotopic (exact) mass is 431 g/mol. The van der Waals surface area contributed by atoms with Crippen molar-refractivity contribution < 1.29 is 0 Å². The van der Waals surface area contributed by atoms with Crippen molar-refractivity contribution in [2.24, 2.45) is 4.99 Å². The van der Waals surface area contributed by atoms with E-state index in [0.717, 1.165) is 28.8 Å². The van der Waals surface area contributed by atoms with Crippen LogP contribution in [-0.2, 0) is 13.1 Å². The van der Waals surface area contributed by atoms with Gasteiger partial charge in [-0.3, -0.25) is 4.98 Å². The van der Waals surface area contributed by atoms with Gasteiger partial charge in [0.25, 0.3) is 0 Å². The van der Waals surface area contributed by atoms with Gasteiger partial charge in [-0.25, -0.2) is 9.98 Å². The third-order valence-electron chi connectivity index (χ3n) is 2.93. The zero-order valence-corrected chi connectivity index (χ0v) is 16.2. The molecule has 7 heteroatoms. The Balaban J connectivity index is 0.00000242. The molecule has 0 saturated carbocycles. The van der Waals surface area contributed by atoms with E-state index in [1.54, 1.807) is 17.5 Å². The number of pyridine rings is 1. The number of nitrogens with one attached hydrogen (secondary N) is 2. The van der Waals surface area contributed by atoms with Crippen LogP contribution in [0, 0.1) is 13.8 Å². The number of hydrogen-bond donors (Lipinski definition) is 2. The van der Waals surface area contributed by atoms with Gasteiger partial charge in [-0.1, -0.05) is 6.07 Å². The highest BCUT2D eigenvalue weighted by Crippen LogP contribution is 2.10. The van der Waals surface area contributed by atoms with Gasteiger partial charge in [0.1, 0.15) is 5.01 Å². The summed E-state index contributed by atoms with van der Waals surface area (Å²) < 4.78 is 0. The summed E-state index contributed by atoms with van der Waals surface area (Å²) in [5.74, 6) is 0.787. The number of aryl methyl sites for hydroxylation is 2. The van der Waals surface area contributed by atoms with E-state index in [2.05, 4.69) is 52.4 Å². The van der Waals surface area contributed by atoms with E-state index >= 15 is 0 Å². The van der Waals surface area contributed by atoms with Gasteiger partial charge in [0, 0.05) is 23.8 Å². The predicted molar refractivity (Wildman–Crippen MR) is 103 cm³/mol. The van der Waals surface area contributed by atoms with Crippen LogP contribution in [0.4, 0.5) is 0 Å². The van der Waals surface area contributed by atoms with E-state index in [-0.39, 0.29) is 24.0 Å². The molecular formula is C15H22IN5S. The van der Waals surface area contributed by atoms with E-state index < -0.39 is 0 Å². The van der Waals surface area contributed by atoms with Crippen molar-refractivity contribution >= 4 is 41.3 Å². The molecular weight excluding hydrogens is 409 g/mol. The van der Waals surface area contributed by atoms with Crippen LogP contribution in [-0.4, -0.2) is 22.5 Å². The Hall–Kier alpha value is -1.22. The van der Waals surface area contributed by atoms with Crippen molar-refractivity contribution in [1.29, 1.82) is 0 Å². The largest absolute Gasteiger partial charge is 0.357 e. The molecule has 0 aliphatic heterocycles. The maximum atomic E-state index is 4.58. The van der Waals surface area contributed by atoms with Crippen LogP contribution in [0.2, 0.25) is 0 Å². The molecule has 0 aliphatic rings. The molecule has 22 heavy (non-hydrogen) atoms. The summed E-state index contributed by atoms with van der Waals surface area (Å²) in [4.78, 5) is 14.5. The fourth-order valence-corrected chi connectivity index (χ4v) is 2.55. The van der Waals surface area contributed by atoms with Gasteiger partial charge in [-0.2, -0.15) is 0 Å². The van der Waals surface area contributed by atoms with E-state index in [1.165, 1.54) is 4.88 Å². The van der Waals surface area contributed by atoms with Gasteiger partial charge >= 0.3 is 0 Å². The number of aliphatic imine (C=N–C) groups is 1. The first kappa shape index (κ1) is 18.8. The van der Waals surface area contributed by atoms with Gasteiger partial charge in [-0.15, -0.1) is 35.3 Å². The first-order chi connectivity index (χ1) is 10.2. The summed E-state index contributed by atoms with van der Waals surface area (Å²) in [6.07, 6.45) is 3.69. The quantitative estimate of drug-likeness (QED) is 0.434. The van der Waals surface area contributed by atoms with Crippen LogP contribution in [0.5, 0.6) is 0 Å². The van der Waals surface area contributed by atoms with E-state index in [1.807, 2.05) is 12.3 Å². The second kappa shape index (κ2) is 9.73. The Morgan fingerprint density at radius 1 is 1.27 bits per heavy atom. The lowest BCUT2D eigenvalue weighted by molar-refractivity contribution is 0.806. The highest BCUT2D eigenvalue weighted by Gasteiger charge is 2.03. The fourth-order valence-electron chi connectivity index (χ4n) is 1.82. The molecule has 2 aromatic heterocycles. The van der Waals surface area contributed by atoms with Crippen LogP contribution in [0.1, 0.15) is 28.1 Å². The molecule has 0 spiro atoms. The minimum atomic E-state index is 0. The standard InChI is InChI=1S/C15H21N5S.HI/c1-4-16-15(20-10-14-18-8-12(3)21-14)19-9-13-11(2)6-5-7-17-13;/h5-8H,4,9-10H2,1-3H3,(H2,16,19,20);1H. The SMILES string of the molecule is CCNC(=NCc1ncccc1C)NCc1ncc(C)s1.I. The van der Waals surface area contributed by atoms with Gasteiger partial charge < -0.3 is 10.6 Å². The zero-order valence-electron chi connectivity index (χ0n) is 13.1. The molecule has 0 aliphatic carbocycles. The molecule has 0 bridgehead atoms. The molecule has 2 heterocycles. The smallest absolute Gasteiger partial charge is 0.191 e. The Morgan fingerprint density at radius 3 is 2.73 bits per heavy atom. The predicted octanol–water partition coefficient (Wildman–Crippen LogP) is 3.03. The highest BCUT2D eigenvalue weighted by molar-refractivity contribution is 14.0. The molecule has 0 fully saturated rings.